The number of aryl methyl sites for hydroxylation is 2. The van der Waals surface area contributed by atoms with Gasteiger partial charge in [0.05, 0.1) is 5.69 Å². The van der Waals surface area contributed by atoms with Gasteiger partial charge in [-0.2, -0.15) is 0 Å². The Kier molecular flexibility index (Phi) is 8.30. The van der Waals surface area contributed by atoms with Crippen LogP contribution >= 0.6 is 0 Å². The fraction of sp³-hybridized carbons (Fsp3) is 0.440. The van der Waals surface area contributed by atoms with E-state index in [9.17, 15) is 5.11 Å². The number of hydrogen-bond acceptors (Lipinski definition) is 3. The largest absolute Gasteiger partial charge is 0.493 e. The van der Waals surface area contributed by atoms with Crippen LogP contribution in [-0.4, -0.2) is 27.5 Å². The lowest BCUT2D eigenvalue weighted by Crippen LogP contribution is -2.24. The molecule has 0 aliphatic carbocycles. The summed E-state index contributed by atoms with van der Waals surface area (Å²) < 4.78 is 4.08. The summed E-state index contributed by atoms with van der Waals surface area (Å²) in [5, 5.41) is 10.1. The highest BCUT2D eigenvalue weighted by molar-refractivity contribution is 5.61. The van der Waals surface area contributed by atoms with Crippen molar-refractivity contribution >= 4 is 0 Å². The van der Waals surface area contributed by atoms with Crippen molar-refractivity contribution < 1.29 is 5.11 Å². The van der Waals surface area contributed by atoms with Crippen LogP contribution in [0.15, 0.2) is 54.6 Å². The van der Waals surface area contributed by atoms with E-state index in [1.54, 1.807) is 6.07 Å². The minimum absolute atomic E-state index is 0.285. The molecule has 0 atom stereocenters. The highest BCUT2D eigenvalue weighted by atomic mass is 16.3. The van der Waals surface area contributed by atoms with Crippen molar-refractivity contribution in [1.82, 2.24) is 9.35 Å². The molecule has 0 aliphatic heterocycles. The molecule has 30 heavy (non-hydrogen) atoms. The van der Waals surface area contributed by atoms with Crippen LogP contribution in [0.4, 0.5) is 0 Å². The van der Waals surface area contributed by atoms with Crippen molar-refractivity contribution in [1.29, 1.82) is 0 Å². The fourth-order valence-corrected chi connectivity index (χ4v) is 3.73. The molecule has 3 aromatic rings. The van der Waals surface area contributed by atoms with E-state index in [0.29, 0.717) is 0 Å². The molecule has 5 nitrogen and oxygen atoms in total. The summed E-state index contributed by atoms with van der Waals surface area (Å²) in [6.45, 7) is 6.06. The van der Waals surface area contributed by atoms with E-state index < -0.39 is 0 Å². The van der Waals surface area contributed by atoms with Crippen LogP contribution in [0.3, 0.4) is 0 Å². The number of nitrogens with one attached hydrogen (secondary N) is 2. The van der Waals surface area contributed by atoms with E-state index in [-0.39, 0.29) is 5.88 Å². The van der Waals surface area contributed by atoms with Crippen LogP contribution in [0.2, 0.25) is 0 Å². The Bertz CT molecular complexity index is 882. The van der Waals surface area contributed by atoms with Gasteiger partial charge in [0.1, 0.15) is 0 Å². The van der Waals surface area contributed by atoms with Gasteiger partial charge >= 0.3 is 0 Å². The number of aromatic nitrogens is 2. The van der Waals surface area contributed by atoms with E-state index in [1.165, 1.54) is 29.8 Å². The first-order valence-corrected chi connectivity index (χ1v) is 11.4. The molecule has 5 heteroatoms. The number of aromatic hydroxyl groups is 1. The van der Waals surface area contributed by atoms with Gasteiger partial charge in [-0.25, -0.2) is 4.68 Å². The fourth-order valence-electron chi connectivity index (χ4n) is 3.73. The maximum absolute atomic E-state index is 10.1. The number of benzene rings is 1. The highest BCUT2D eigenvalue weighted by Gasteiger charge is 2.10. The quantitative estimate of drug-likeness (QED) is 0.326. The molecule has 0 bridgehead atoms. The lowest BCUT2D eigenvalue weighted by Gasteiger charge is -2.17. The molecule has 162 valence electrons. The maximum atomic E-state index is 10.1. The van der Waals surface area contributed by atoms with Gasteiger partial charge in [-0.05, 0) is 50.3 Å². The van der Waals surface area contributed by atoms with Crippen molar-refractivity contribution in [3.8, 4) is 17.1 Å². The topological polar surface area (TPSA) is 54.1 Å². The third-order valence-corrected chi connectivity index (χ3v) is 5.44. The minimum atomic E-state index is 0.285. The Labute approximate surface area is 180 Å². The van der Waals surface area contributed by atoms with Gasteiger partial charge in [-0.1, -0.05) is 57.0 Å². The van der Waals surface area contributed by atoms with E-state index in [0.717, 1.165) is 50.9 Å². The monoisotopic (exact) mass is 408 g/mol. The molecule has 0 fully saturated rings. The van der Waals surface area contributed by atoms with Crippen molar-refractivity contribution in [2.24, 2.45) is 0 Å². The van der Waals surface area contributed by atoms with Gasteiger partial charge in [0.15, 0.2) is 0 Å². The molecule has 0 saturated heterocycles. The molecule has 2 aromatic heterocycles. The first kappa shape index (κ1) is 21.9. The number of hydrogen-bond donors (Lipinski definition) is 3. The molecule has 3 N–H and O–H groups in total. The first-order chi connectivity index (χ1) is 14.7. The summed E-state index contributed by atoms with van der Waals surface area (Å²) in [4.78, 5) is 0. The second-order valence-corrected chi connectivity index (χ2v) is 7.81. The van der Waals surface area contributed by atoms with Crippen molar-refractivity contribution in [2.75, 3.05) is 23.9 Å². The lowest BCUT2D eigenvalue weighted by molar-refractivity contribution is 0.428. The molecule has 2 heterocycles. The number of unbranched alkanes of at least 4 members (excludes halogenated alkanes) is 2. The summed E-state index contributed by atoms with van der Waals surface area (Å²) in [6.07, 6.45) is 7.66. The maximum Gasteiger partial charge on any atom is 0.210 e. The third kappa shape index (κ3) is 5.62. The zero-order valence-electron chi connectivity index (χ0n) is 18.4. The van der Waals surface area contributed by atoms with Crippen molar-refractivity contribution in [3.63, 3.8) is 0 Å². The SMILES string of the molecule is CCCCc1ccc(O)n1NCCCNn1c(CCCC)ccc1-c1ccccc1. The summed E-state index contributed by atoms with van der Waals surface area (Å²) >= 11 is 0. The minimum Gasteiger partial charge on any atom is -0.493 e. The Morgan fingerprint density at radius 2 is 1.30 bits per heavy atom. The Morgan fingerprint density at radius 3 is 1.97 bits per heavy atom. The molecule has 3 rings (SSSR count). The van der Waals surface area contributed by atoms with Gasteiger partial charge in [0.25, 0.3) is 0 Å². The zero-order chi connectivity index (χ0) is 21.2. The average Bonchev–Trinajstić information content (AvgIpc) is 3.34. The van der Waals surface area contributed by atoms with Gasteiger partial charge in [0, 0.05) is 36.1 Å². The summed E-state index contributed by atoms with van der Waals surface area (Å²) in [6, 6.07) is 18.8. The van der Waals surface area contributed by atoms with E-state index in [4.69, 9.17) is 0 Å². The molecule has 0 saturated carbocycles. The van der Waals surface area contributed by atoms with E-state index in [2.05, 4.69) is 71.8 Å². The summed E-state index contributed by atoms with van der Waals surface area (Å²) in [5.74, 6) is 0.285. The molecule has 0 spiro atoms. The van der Waals surface area contributed by atoms with Gasteiger partial charge in [0.2, 0.25) is 5.88 Å². The van der Waals surface area contributed by atoms with Gasteiger partial charge in [-0.3, -0.25) is 4.68 Å². The summed E-state index contributed by atoms with van der Waals surface area (Å²) in [7, 11) is 0. The smallest absolute Gasteiger partial charge is 0.210 e. The number of rotatable bonds is 13. The van der Waals surface area contributed by atoms with Crippen LogP contribution in [0.1, 0.15) is 57.3 Å². The van der Waals surface area contributed by atoms with E-state index >= 15 is 0 Å². The molecule has 0 aliphatic rings. The van der Waals surface area contributed by atoms with Crippen molar-refractivity contribution in [3.05, 3.63) is 66.0 Å². The molecule has 1 aromatic carbocycles. The first-order valence-electron chi connectivity index (χ1n) is 11.4. The highest BCUT2D eigenvalue weighted by Crippen LogP contribution is 2.22. The second-order valence-electron chi connectivity index (χ2n) is 7.81. The lowest BCUT2D eigenvalue weighted by atomic mass is 10.2. The predicted octanol–water partition coefficient (Wildman–Crippen LogP) is 5.52. The Morgan fingerprint density at radius 1 is 0.700 bits per heavy atom. The molecular formula is C25H36N4O. The van der Waals surface area contributed by atoms with Gasteiger partial charge < -0.3 is 16.0 Å². The normalized spacial score (nSPS) is 11.0. The van der Waals surface area contributed by atoms with Crippen LogP contribution in [0.25, 0.3) is 11.3 Å². The zero-order valence-corrected chi connectivity index (χ0v) is 18.4. The third-order valence-electron chi connectivity index (χ3n) is 5.44. The number of nitrogens with zero attached hydrogens (tertiary/aromatic N) is 2. The Balaban J connectivity index is 1.58. The van der Waals surface area contributed by atoms with Crippen LogP contribution in [0.5, 0.6) is 5.88 Å². The van der Waals surface area contributed by atoms with Crippen LogP contribution in [-0.2, 0) is 12.8 Å². The van der Waals surface area contributed by atoms with Crippen LogP contribution in [0, 0.1) is 0 Å². The molecular weight excluding hydrogens is 372 g/mol. The standard InChI is InChI=1S/C25H36N4O/c1-3-5-13-22-15-17-24(21-11-8-7-9-12-21)28(22)26-19-10-20-27-29-23(14-6-4-2)16-18-25(29)30/h7-9,11-12,15-18,26-27,30H,3-6,10,13-14,19-20H2,1-2H3. The Hall–Kier alpha value is -2.82. The molecule has 0 amide bonds. The van der Waals surface area contributed by atoms with Gasteiger partial charge in [-0.15, -0.1) is 0 Å². The summed E-state index contributed by atoms with van der Waals surface area (Å²) in [5.41, 5.74) is 11.9. The second kappa shape index (κ2) is 11.4. The molecule has 0 radical (unpaired) electrons. The molecule has 0 unspecified atom stereocenters. The predicted molar refractivity (Wildman–Crippen MR) is 126 cm³/mol. The van der Waals surface area contributed by atoms with Crippen LogP contribution < -0.4 is 10.9 Å². The van der Waals surface area contributed by atoms with E-state index in [1.807, 2.05) is 10.7 Å². The van der Waals surface area contributed by atoms with Crippen molar-refractivity contribution in [2.45, 2.75) is 58.8 Å². The average molecular weight is 409 g/mol.